The van der Waals surface area contributed by atoms with E-state index >= 15 is 0 Å². The predicted octanol–water partition coefficient (Wildman–Crippen LogP) is 3.99. The summed E-state index contributed by atoms with van der Waals surface area (Å²) in [5, 5.41) is 1.15. The highest BCUT2D eigenvalue weighted by Gasteiger charge is 2.26. The van der Waals surface area contributed by atoms with Gasteiger partial charge in [-0.1, -0.05) is 26.8 Å². The van der Waals surface area contributed by atoms with Crippen LogP contribution in [0.5, 0.6) is 0 Å². The van der Waals surface area contributed by atoms with Crippen molar-refractivity contribution >= 4 is 11.8 Å². The molecule has 0 spiro atoms. The number of nitrogens with zero attached hydrogens (tertiary/aromatic N) is 2. The van der Waals surface area contributed by atoms with Gasteiger partial charge in [0, 0.05) is 18.8 Å². The molecule has 1 aliphatic rings. The third kappa shape index (κ3) is 3.48. The first-order valence-corrected chi connectivity index (χ1v) is 8.02. The lowest BCUT2D eigenvalue weighted by atomic mass is 10.1. The summed E-state index contributed by atoms with van der Waals surface area (Å²) in [4.78, 5) is 7.18. The van der Waals surface area contributed by atoms with Crippen molar-refractivity contribution in [3.63, 3.8) is 0 Å². The molecule has 0 saturated carbocycles. The third-order valence-electron chi connectivity index (χ3n) is 3.40. The van der Waals surface area contributed by atoms with E-state index in [9.17, 15) is 0 Å². The Kier molecular flexibility index (Phi) is 5.07. The first-order chi connectivity index (χ1) is 8.70. The van der Waals surface area contributed by atoms with E-state index in [1.807, 2.05) is 11.8 Å². The lowest BCUT2D eigenvalue weighted by Crippen LogP contribution is -2.27. The predicted molar refractivity (Wildman–Crippen MR) is 79.0 cm³/mol. The third-order valence-corrected chi connectivity index (χ3v) is 4.23. The molecule has 1 atom stereocenters. The Bertz CT molecular complexity index is 361. The van der Waals surface area contributed by atoms with Crippen molar-refractivity contribution < 1.29 is 0 Å². The molecule has 0 aliphatic carbocycles. The largest absolute Gasteiger partial charge is 0.296 e. The monoisotopic (exact) mass is 264 g/mol. The lowest BCUT2D eigenvalue weighted by Gasteiger charge is -2.26. The molecule has 3 heteroatoms. The van der Waals surface area contributed by atoms with E-state index in [-0.39, 0.29) is 0 Å². The Labute approximate surface area is 115 Å². The zero-order valence-corrected chi connectivity index (χ0v) is 12.5. The Hall–Kier alpha value is -0.540. The van der Waals surface area contributed by atoms with Gasteiger partial charge in [-0.15, -0.1) is 11.8 Å². The number of hydrogen-bond donors (Lipinski definition) is 0. The second kappa shape index (κ2) is 6.58. The second-order valence-electron chi connectivity index (χ2n) is 5.41. The maximum Gasteiger partial charge on any atom is 0.0959 e. The Morgan fingerprint density at radius 2 is 2.28 bits per heavy atom. The average Bonchev–Trinajstić information content (AvgIpc) is 2.78. The summed E-state index contributed by atoms with van der Waals surface area (Å²) < 4.78 is 0. The SMILES string of the molecule is CCSc1ccc([C@H]2CCCN2CC(C)C)cn1. The van der Waals surface area contributed by atoms with Crippen molar-refractivity contribution in [3.05, 3.63) is 23.9 Å². The normalized spacial score (nSPS) is 20.8. The molecule has 0 unspecified atom stereocenters. The van der Waals surface area contributed by atoms with Gasteiger partial charge >= 0.3 is 0 Å². The maximum absolute atomic E-state index is 4.56. The van der Waals surface area contributed by atoms with Crippen LogP contribution in [0.25, 0.3) is 0 Å². The van der Waals surface area contributed by atoms with Crippen LogP contribution in [-0.2, 0) is 0 Å². The van der Waals surface area contributed by atoms with Gasteiger partial charge in [-0.05, 0) is 42.7 Å². The van der Waals surface area contributed by atoms with Crippen molar-refractivity contribution in [2.75, 3.05) is 18.8 Å². The number of rotatable bonds is 5. The molecule has 1 fully saturated rings. The summed E-state index contributed by atoms with van der Waals surface area (Å²) in [6.45, 7) is 9.22. The minimum atomic E-state index is 0.598. The van der Waals surface area contributed by atoms with Gasteiger partial charge < -0.3 is 0 Å². The van der Waals surface area contributed by atoms with E-state index in [1.165, 1.54) is 31.5 Å². The molecule has 18 heavy (non-hydrogen) atoms. The Morgan fingerprint density at radius 3 is 2.89 bits per heavy atom. The molecule has 2 nitrogen and oxygen atoms in total. The van der Waals surface area contributed by atoms with E-state index in [0.29, 0.717) is 6.04 Å². The van der Waals surface area contributed by atoms with Crippen LogP contribution in [0, 0.1) is 5.92 Å². The fraction of sp³-hybridized carbons (Fsp3) is 0.667. The molecule has 0 N–H and O–H groups in total. The van der Waals surface area contributed by atoms with Gasteiger partial charge in [0.05, 0.1) is 5.03 Å². The van der Waals surface area contributed by atoms with Crippen LogP contribution in [0.15, 0.2) is 23.4 Å². The molecule has 1 aromatic heterocycles. The van der Waals surface area contributed by atoms with E-state index < -0.39 is 0 Å². The standard InChI is InChI=1S/C15H24N2S/c1-4-18-15-8-7-13(10-16-15)14-6-5-9-17(14)11-12(2)3/h7-8,10,12,14H,4-6,9,11H2,1-3H3/t14-/m1/s1. The van der Waals surface area contributed by atoms with Crippen molar-refractivity contribution in [1.82, 2.24) is 9.88 Å². The van der Waals surface area contributed by atoms with Gasteiger partial charge in [-0.2, -0.15) is 0 Å². The minimum absolute atomic E-state index is 0.598. The van der Waals surface area contributed by atoms with Crippen LogP contribution in [0.1, 0.15) is 45.2 Å². The van der Waals surface area contributed by atoms with Crippen LogP contribution < -0.4 is 0 Å². The summed E-state index contributed by atoms with van der Waals surface area (Å²) in [6.07, 6.45) is 4.69. The van der Waals surface area contributed by atoms with Crippen molar-refractivity contribution in [3.8, 4) is 0 Å². The zero-order chi connectivity index (χ0) is 13.0. The van der Waals surface area contributed by atoms with Crippen molar-refractivity contribution in [2.45, 2.75) is 44.7 Å². The zero-order valence-electron chi connectivity index (χ0n) is 11.7. The fourth-order valence-corrected chi connectivity index (χ4v) is 3.30. The van der Waals surface area contributed by atoms with Crippen LogP contribution in [0.4, 0.5) is 0 Å². The summed E-state index contributed by atoms with van der Waals surface area (Å²) in [5.74, 6) is 1.84. The summed E-state index contributed by atoms with van der Waals surface area (Å²) in [7, 11) is 0. The molecule has 0 amide bonds. The highest BCUT2D eigenvalue weighted by atomic mass is 32.2. The Morgan fingerprint density at radius 1 is 1.44 bits per heavy atom. The van der Waals surface area contributed by atoms with Gasteiger partial charge in [0.15, 0.2) is 0 Å². The first kappa shape index (κ1) is 13.9. The number of aromatic nitrogens is 1. The van der Waals surface area contributed by atoms with E-state index in [4.69, 9.17) is 0 Å². The summed E-state index contributed by atoms with van der Waals surface area (Å²) in [5.41, 5.74) is 1.40. The van der Waals surface area contributed by atoms with Crippen molar-refractivity contribution in [2.24, 2.45) is 5.92 Å². The highest BCUT2D eigenvalue weighted by Crippen LogP contribution is 2.32. The van der Waals surface area contributed by atoms with Gasteiger partial charge in [0.1, 0.15) is 0 Å². The summed E-state index contributed by atoms with van der Waals surface area (Å²) >= 11 is 1.81. The molecule has 1 saturated heterocycles. The topological polar surface area (TPSA) is 16.1 Å². The highest BCUT2D eigenvalue weighted by molar-refractivity contribution is 7.99. The van der Waals surface area contributed by atoms with E-state index in [1.54, 1.807) is 0 Å². The fourth-order valence-electron chi connectivity index (χ4n) is 2.71. The number of thioether (sulfide) groups is 1. The maximum atomic E-state index is 4.56. The van der Waals surface area contributed by atoms with Crippen LogP contribution in [-0.4, -0.2) is 28.7 Å². The molecular formula is C15H24N2S. The average molecular weight is 264 g/mol. The van der Waals surface area contributed by atoms with Gasteiger partial charge in [-0.3, -0.25) is 4.90 Å². The lowest BCUT2D eigenvalue weighted by molar-refractivity contribution is 0.228. The van der Waals surface area contributed by atoms with Gasteiger partial charge in [-0.25, -0.2) is 4.98 Å². The molecule has 2 rings (SSSR count). The van der Waals surface area contributed by atoms with Crippen LogP contribution >= 0.6 is 11.8 Å². The van der Waals surface area contributed by atoms with E-state index in [0.717, 1.165) is 16.7 Å². The summed E-state index contributed by atoms with van der Waals surface area (Å²) in [6, 6.07) is 5.05. The van der Waals surface area contributed by atoms with Crippen molar-refractivity contribution in [1.29, 1.82) is 0 Å². The molecule has 2 heterocycles. The molecule has 0 bridgehead atoms. The van der Waals surface area contributed by atoms with Gasteiger partial charge in [0.2, 0.25) is 0 Å². The number of pyridine rings is 1. The number of likely N-dealkylation sites (tertiary alicyclic amines) is 1. The molecule has 1 aromatic rings. The van der Waals surface area contributed by atoms with E-state index in [2.05, 4.69) is 49.0 Å². The van der Waals surface area contributed by atoms with Crippen LogP contribution in [0.3, 0.4) is 0 Å². The first-order valence-electron chi connectivity index (χ1n) is 7.03. The second-order valence-corrected chi connectivity index (χ2v) is 6.69. The molecule has 1 aliphatic heterocycles. The molecule has 0 radical (unpaired) electrons. The number of hydrogen-bond acceptors (Lipinski definition) is 3. The molecule has 100 valence electrons. The van der Waals surface area contributed by atoms with Gasteiger partial charge in [0.25, 0.3) is 0 Å². The molecular weight excluding hydrogens is 240 g/mol. The van der Waals surface area contributed by atoms with Crippen LogP contribution in [0.2, 0.25) is 0 Å². The Balaban J connectivity index is 2.05. The smallest absolute Gasteiger partial charge is 0.0959 e. The molecule has 0 aromatic carbocycles. The minimum Gasteiger partial charge on any atom is -0.296 e. The quantitative estimate of drug-likeness (QED) is 0.748.